The number of benzene rings is 1. The van der Waals surface area contributed by atoms with Crippen LogP contribution in [0.4, 0.5) is 0 Å². The predicted octanol–water partition coefficient (Wildman–Crippen LogP) is 1.40. The number of amides is 2. The number of hydrazone groups is 1. The number of thiazole rings is 1. The third kappa shape index (κ3) is 3.62. The molecule has 1 heterocycles. The van der Waals surface area contributed by atoms with E-state index in [1.54, 1.807) is 17.5 Å². The molecule has 102 valence electrons. The van der Waals surface area contributed by atoms with Gasteiger partial charge in [-0.15, -0.1) is 11.3 Å². The third-order valence-electron chi connectivity index (χ3n) is 2.20. The van der Waals surface area contributed by atoms with Crippen LogP contribution in [-0.2, 0) is 9.59 Å². The molecule has 0 aliphatic rings. The van der Waals surface area contributed by atoms with E-state index in [9.17, 15) is 9.59 Å². The maximum atomic E-state index is 10.9. The number of rotatable bonds is 3. The lowest BCUT2D eigenvalue weighted by Gasteiger charge is -1.95. The molecule has 6 nitrogen and oxygen atoms in total. The Labute approximate surface area is 123 Å². The summed E-state index contributed by atoms with van der Waals surface area (Å²) in [5.74, 6) is -2.07. The minimum Gasteiger partial charge on any atom is -0.361 e. The van der Waals surface area contributed by atoms with E-state index in [1.807, 2.05) is 17.6 Å². The number of hydrogen-bond acceptors (Lipinski definition) is 5. The molecular formula is C12H9ClN4O2S. The van der Waals surface area contributed by atoms with Crippen LogP contribution >= 0.6 is 22.9 Å². The minimum atomic E-state index is -1.10. The van der Waals surface area contributed by atoms with Gasteiger partial charge in [0.1, 0.15) is 5.01 Å². The van der Waals surface area contributed by atoms with Crippen LogP contribution in [0, 0.1) is 0 Å². The Morgan fingerprint density at radius 2 is 2.05 bits per heavy atom. The van der Waals surface area contributed by atoms with Crippen molar-refractivity contribution in [2.24, 2.45) is 10.8 Å². The molecule has 0 aliphatic heterocycles. The second-order valence-corrected chi connectivity index (χ2v) is 4.94. The van der Waals surface area contributed by atoms with Crippen molar-refractivity contribution in [3.8, 4) is 10.6 Å². The SMILES string of the molecule is NC(=O)C(=O)N/N=C\c1csc(-c2ccc(Cl)cc2)n1. The van der Waals surface area contributed by atoms with Crippen molar-refractivity contribution < 1.29 is 9.59 Å². The number of aromatic nitrogens is 1. The molecule has 0 unspecified atom stereocenters. The molecule has 2 amide bonds. The van der Waals surface area contributed by atoms with Crippen LogP contribution in [-0.4, -0.2) is 23.0 Å². The highest BCUT2D eigenvalue weighted by molar-refractivity contribution is 7.13. The van der Waals surface area contributed by atoms with E-state index in [2.05, 4.69) is 10.1 Å². The summed E-state index contributed by atoms with van der Waals surface area (Å²) in [6.45, 7) is 0. The molecule has 0 bridgehead atoms. The van der Waals surface area contributed by atoms with Crippen molar-refractivity contribution in [3.05, 3.63) is 40.4 Å². The van der Waals surface area contributed by atoms with E-state index in [4.69, 9.17) is 17.3 Å². The molecule has 1 aromatic heterocycles. The van der Waals surface area contributed by atoms with Crippen molar-refractivity contribution >= 4 is 41.0 Å². The van der Waals surface area contributed by atoms with Gasteiger partial charge in [0.15, 0.2) is 0 Å². The standard InChI is InChI=1S/C12H9ClN4O2S/c13-8-3-1-7(2-4-8)12-16-9(6-20-12)5-15-17-11(19)10(14)18/h1-6H,(H2,14,18)(H,17,19)/b15-5-. The molecule has 2 aromatic rings. The number of primary amides is 1. The summed E-state index contributed by atoms with van der Waals surface area (Å²) in [4.78, 5) is 25.6. The molecule has 0 fully saturated rings. The summed E-state index contributed by atoms with van der Waals surface area (Å²) in [5.41, 5.74) is 8.24. The molecule has 0 saturated carbocycles. The van der Waals surface area contributed by atoms with Crippen molar-refractivity contribution in [1.29, 1.82) is 0 Å². The van der Waals surface area contributed by atoms with E-state index in [0.29, 0.717) is 10.7 Å². The van der Waals surface area contributed by atoms with Gasteiger partial charge in [-0.25, -0.2) is 10.4 Å². The van der Waals surface area contributed by atoms with Gasteiger partial charge in [-0.3, -0.25) is 9.59 Å². The van der Waals surface area contributed by atoms with Crippen molar-refractivity contribution in [2.75, 3.05) is 0 Å². The normalized spacial score (nSPS) is 10.7. The fourth-order valence-corrected chi connectivity index (χ4v) is 2.18. The molecule has 0 saturated heterocycles. The summed E-state index contributed by atoms with van der Waals surface area (Å²) in [6, 6.07) is 7.27. The highest BCUT2D eigenvalue weighted by Crippen LogP contribution is 2.24. The van der Waals surface area contributed by atoms with E-state index in [0.717, 1.165) is 10.6 Å². The van der Waals surface area contributed by atoms with E-state index < -0.39 is 11.8 Å². The topological polar surface area (TPSA) is 97.4 Å². The fourth-order valence-electron chi connectivity index (χ4n) is 1.28. The zero-order chi connectivity index (χ0) is 14.5. The van der Waals surface area contributed by atoms with E-state index >= 15 is 0 Å². The Hall–Kier alpha value is -2.25. The summed E-state index contributed by atoms with van der Waals surface area (Å²) < 4.78 is 0. The predicted molar refractivity (Wildman–Crippen MR) is 77.5 cm³/mol. The number of nitrogens with two attached hydrogens (primary N) is 1. The first-order valence-corrected chi connectivity index (χ1v) is 6.66. The monoisotopic (exact) mass is 308 g/mol. The van der Waals surface area contributed by atoms with E-state index in [1.165, 1.54) is 17.6 Å². The quantitative estimate of drug-likeness (QED) is 0.509. The maximum absolute atomic E-state index is 10.9. The van der Waals surface area contributed by atoms with Gasteiger partial charge < -0.3 is 5.73 Å². The maximum Gasteiger partial charge on any atom is 0.329 e. The van der Waals surface area contributed by atoms with E-state index in [-0.39, 0.29) is 0 Å². The van der Waals surface area contributed by atoms with Crippen molar-refractivity contribution in [2.45, 2.75) is 0 Å². The number of nitrogens with zero attached hydrogens (tertiary/aromatic N) is 2. The minimum absolute atomic E-state index is 0.560. The Kier molecular flexibility index (Phi) is 4.44. The van der Waals surface area contributed by atoms with Gasteiger partial charge in [-0.05, 0) is 12.1 Å². The lowest BCUT2D eigenvalue weighted by atomic mass is 10.2. The molecule has 0 atom stereocenters. The average Bonchev–Trinajstić information content (AvgIpc) is 2.88. The first kappa shape index (κ1) is 14.2. The van der Waals surface area contributed by atoms with Crippen LogP contribution in [0.5, 0.6) is 0 Å². The van der Waals surface area contributed by atoms with Crippen molar-refractivity contribution in [1.82, 2.24) is 10.4 Å². The van der Waals surface area contributed by atoms with Crippen LogP contribution in [0.25, 0.3) is 10.6 Å². The molecule has 0 aliphatic carbocycles. The third-order valence-corrected chi connectivity index (χ3v) is 3.36. The molecular weight excluding hydrogens is 300 g/mol. The smallest absolute Gasteiger partial charge is 0.329 e. The Balaban J connectivity index is 2.06. The summed E-state index contributed by atoms with van der Waals surface area (Å²) in [5, 5.41) is 6.80. The largest absolute Gasteiger partial charge is 0.361 e. The molecule has 0 radical (unpaired) electrons. The molecule has 0 spiro atoms. The van der Waals surface area contributed by atoms with Crippen LogP contribution in [0.2, 0.25) is 5.02 Å². The molecule has 2 rings (SSSR count). The molecule has 8 heteroatoms. The summed E-state index contributed by atoms with van der Waals surface area (Å²) in [6.07, 6.45) is 1.33. The second kappa shape index (κ2) is 6.27. The van der Waals surface area contributed by atoms with Gasteiger partial charge in [0.25, 0.3) is 0 Å². The van der Waals surface area contributed by atoms with Gasteiger partial charge in [-0.2, -0.15) is 5.10 Å². The molecule has 3 N–H and O–H groups in total. The molecule has 20 heavy (non-hydrogen) atoms. The first-order chi connectivity index (χ1) is 9.56. The van der Waals surface area contributed by atoms with Crippen LogP contribution in [0.15, 0.2) is 34.7 Å². The molecule has 1 aromatic carbocycles. The second-order valence-electron chi connectivity index (χ2n) is 3.65. The highest BCUT2D eigenvalue weighted by atomic mass is 35.5. The summed E-state index contributed by atoms with van der Waals surface area (Å²) in [7, 11) is 0. The van der Waals surface area contributed by atoms with Gasteiger partial charge in [0.2, 0.25) is 0 Å². The van der Waals surface area contributed by atoms with Crippen LogP contribution in [0.1, 0.15) is 5.69 Å². The average molecular weight is 309 g/mol. The van der Waals surface area contributed by atoms with Crippen molar-refractivity contribution in [3.63, 3.8) is 0 Å². The Morgan fingerprint density at radius 3 is 2.70 bits per heavy atom. The number of nitrogens with one attached hydrogen (secondary N) is 1. The highest BCUT2D eigenvalue weighted by Gasteiger charge is 2.06. The fraction of sp³-hybridized carbons (Fsp3) is 0. The Morgan fingerprint density at radius 1 is 1.35 bits per heavy atom. The van der Waals surface area contributed by atoms with Crippen LogP contribution < -0.4 is 11.2 Å². The number of carbonyl (C=O) groups excluding carboxylic acids is 2. The van der Waals surface area contributed by atoms with Gasteiger partial charge in [0.05, 0.1) is 11.9 Å². The zero-order valence-corrected chi connectivity index (χ0v) is 11.6. The van der Waals surface area contributed by atoms with Gasteiger partial charge in [-0.1, -0.05) is 23.7 Å². The summed E-state index contributed by atoms with van der Waals surface area (Å²) >= 11 is 7.24. The lowest BCUT2D eigenvalue weighted by molar-refractivity contribution is -0.137. The first-order valence-electron chi connectivity index (χ1n) is 5.40. The Bertz CT molecular complexity index is 666. The number of hydrogen-bond donors (Lipinski definition) is 2. The number of halogens is 1. The zero-order valence-electron chi connectivity index (χ0n) is 10.0. The van der Waals surface area contributed by atoms with Gasteiger partial charge >= 0.3 is 11.8 Å². The number of carbonyl (C=O) groups is 2. The van der Waals surface area contributed by atoms with Crippen LogP contribution in [0.3, 0.4) is 0 Å². The van der Waals surface area contributed by atoms with Gasteiger partial charge in [0, 0.05) is 16.0 Å². The lowest BCUT2D eigenvalue weighted by Crippen LogP contribution is -2.32.